The zero-order valence-corrected chi connectivity index (χ0v) is 15.6. The fraction of sp³-hybridized carbons (Fsp3) is 0.222. The first-order chi connectivity index (χ1) is 12.7. The maximum Gasteiger partial charge on any atom is 0.281 e. The van der Waals surface area contributed by atoms with Gasteiger partial charge in [-0.1, -0.05) is 0 Å². The molecular weight excluding hydrogens is 370 g/mol. The van der Waals surface area contributed by atoms with Crippen LogP contribution in [0.2, 0.25) is 0 Å². The van der Waals surface area contributed by atoms with Crippen LogP contribution in [-0.4, -0.2) is 41.2 Å². The molecule has 140 valence electrons. The van der Waals surface area contributed by atoms with Crippen molar-refractivity contribution in [1.29, 1.82) is 0 Å². The Bertz CT molecular complexity index is 1070. The van der Waals surface area contributed by atoms with E-state index >= 15 is 0 Å². The van der Waals surface area contributed by atoms with Gasteiger partial charge < -0.3 is 14.8 Å². The van der Waals surface area contributed by atoms with Gasteiger partial charge in [-0.2, -0.15) is 4.99 Å². The van der Waals surface area contributed by atoms with Crippen molar-refractivity contribution in [3.63, 3.8) is 0 Å². The lowest BCUT2D eigenvalue weighted by atomic mass is 10.2. The van der Waals surface area contributed by atoms with Crippen LogP contribution in [0.5, 0.6) is 11.5 Å². The molecule has 1 N–H and O–H groups in total. The first-order valence-corrected chi connectivity index (χ1v) is 8.11. The van der Waals surface area contributed by atoms with E-state index in [1.165, 1.54) is 6.20 Å². The summed E-state index contributed by atoms with van der Waals surface area (Å²) in [6.07, 6.45) is 3.10. The first kappa shape index (κ1) is 18.7. The van der Waals surface area contributed by atoms with Gasteiger partial charge in [0.15, 0.2) is 11.5 Å². The number of carbonyl (C=O) groups is 1. The Morgan fingerprint density at radius 1 is 1.26 bits per heavy atom. The largest absolute Gasteiger partial charge is 0.493 e. The number of hydrogen-bond donors (Lipinski definition) is 1. The number of methoxy groups -OCH3 is 2. The number of pyridine rings is 1. The van der Waals surface area contributed by atoms with E-state index in [1.807, 2.05) is 10.6 Å². The number of halogens is 1. The van der Waals surface area contributed by atoms with Gasteiger partial charge >= 0.3 is 0 Å². The molecule has 0 radical (unpaired) electrons. The van der Waals surface area contributed by atoms with Gasteiger partial charge in [0.1, 0.15) is 5.82 Å². The number of nitrogens with one attached hydrogen (secondary N) is 1. The summed E-state index contributed by atoms with van der Waals surface area (Å²) in [5, 5.41) is 4.21. The molecule has 0 bridgehead atoms. The average molecular weight is 388 g/mol. The number of aromatic nitrogens is 3. The van der Waals surface area contributed by atoms with Gasteiger partial charge in [0.05, 0.1) is 25.3 Å². The summed E-state index contributed by atoms with van der Waals surface area (Å²) in [5.41, 5.74) is 1.43. The van der Waals surface area contributed by atoms with Crippen LogP contribution >= 0.6 is 12.4 Å². The number of carbonyl (C=O) groups excluding carboxylic acids is 1. The van der Waals surface area contributed by atoms with Gasteiger partial charge in [-0.25, -0.2) is 4.98 Å². The highest BCUT2D eigenvalue weighted by Crippen LogP contribution is 2.34. The summed E-state index contributed by atoms with van der Waals surface area (Å²) in [5.74, 6) is 1.66. The summed E-state index contributed by atoms with van der Waals surface area (Å²) in [4.78, 5) is 25.2. The molecule has 0 unspecified atom stereocenters. The van der Waals surface area contributed by atoms with Crippen molar-refractivity contribution in [1.82, 2.24) is 14.5 Å². The fourth-order valence-corrected chi connectivity index (χ4v) is 2.98. The highest BCUT2D eigenvalue weighted by Gasteiger charge is 2.18. The number of hydrogen-bond acceptors (Lipinski definition) is 6. The molecule has 4 rings (SSSR count). The van der Waals surface area contributed by atoms with E-state index in [0.29, 0.717) is 34.7 Å². The molecular formula is C18H18ClN5O3. The minimum atomic E-state index is -0.382. The molecule has 1 aliphatic rings. The second-order valence-corrected chi connectivity index (χ2v) is 5.72. The van der Waals surface area contributed by atoms with E-state index < -0.39 is 0 Å². The van der Waals surface area contributed by atoms with Crippen LogP contribution in [0.25, 0.3) is 10.9 Å². The third-order valence-electron chi connectivity index (χ3n) is 4.23. The van der Waals surface area contributed by atoms with Crippen molar-refractivity contribution in [2.45, 2.75) is 6.54 Å². The fourth-order valence-electron chi connectivity index (χ4n) is 2.98. The molecule has 0 saturated heterocycles. The highest BCUT2D eigenvalue weighted by molar-refractivity contribution is 5.95. The number of ether oxygens (including phenoxy) is 2. The van der Waals surface area contributed by atoms with E-state index in [4.69, 9.17) is 9.47 Å². The number of anilines is 1. The standard InChI is InChI=1S/C18H17N5O3.ClH/c1-25-14-8-12-13(9-15(14)26-2)21-18(23-7-6-20-16(12)23)22-17(24)11-4-3-5-19-10-11;/h3-5,8-10,20H,6-7H2,1-2H3;1H. The van der Waals surface area contributed by atoms with Crippen LogP contribution < -0.4 is 20.4 Å². The lowest BCUT2D eigenvalue weighted by Gasteiger charge is -2.12. The second kappa shape index (κ2) is 7.63. The van der Waals surface area contributed by atoms with Crippen LogP contribution in [0.4, 0.5) is 5.82 Å². The van der Waals surface area contributed by atoms with E-state index in [9.17, 15) is 4.79 Å². The summed E-state index contributed by atoms with van der Waals surface area (Å²) in [6.45, 7) is 1.41. The van der Waals surface area contributed by atoms with E-state index in [0.717, 1.165) is 17.7 Å². The van der Waals surface area contributed by atoms with Crippen molar-refractivity contribution in [2.24, 2.45) is 4.99 Å². The maximum atomic E-state index is 12.4. The molecule has 27 heavy (non-hydrogen) atoms. The Balaban J connectivity index is 0.00000210. The smallest absolute Gasteiger partial charge is 0.281 e. The molecule has 2 aromatic heterocycles. The van der Waals surface area contributed by atoms with Gasteiger partial charge in [0, 0.05) is 36.9 Å². The second-order valence-electron chi connectivity index (χ2n) is 5.72. The highest BCUT2D eigenvalue weighted by atomic mass is 35.5. The molecule has 9 heteroatoms. The van der Waals surface area contributed by atoms with E-state index in [1.54, 1.807) is 38.6 Å². The summed E-state index contributed by atoms with van der Waals surface area (Å²) >= 11 is 0. The van der Waals surface area contributed by atoms with Gasteiger partial charge in [-0.15, -0.1) is 12.4 Å². The quantitative estimate of drug-likeness (QED) is 0.739. The van der Waals surface area contributed by atoms with Crippen LogP contribution in [0.3, 0.4) is 0 Å². The molecule has 0 aliphatic carbocycles. The minimum absolute atomic E-state index is 0. The van der Waals surface area contributed by atoms with Gasteiger partial charge in [0.25, 0.3) is 5.91 Å². The molecule has 3 heterocycles. The molecule has 1 aliphatic heterocycles. The third kappa shape index (κ3) is 3.31. The molecule has 0 saturated carbocycles. The zero-order valence-electron chi connectivity index (χ0n) is 14.8. The molecule has 1 aromatic carbocycles. The monoisotopic (exact) mass is 387 g/mol. The SMILES string of the molecule is COc1cc2nc(=NC(=O)c3cccnc3)n3c(c2cc1OC)NCC3.Cl. The van der Waals surface area contributed by atoms with Crippen molar-refractivity contribution in [3.8, 4) is 11.5 Å². The number of rotatable bonds is 3. The minimum Gasteiger partial charge on any atom is -0.493 e. The molecule has 0 fully saturated rings. The Hall–Kier alpha value is -3.13. The van der Waals surface area contributed by atoms with Crippen molar-refractivity contribution < 1.29 is 14.3 Å². The predicted octanol–water partition coefficient (Wildman–Crippen LogP) is 2.04. The summed E-state index contributed by atoms with van der Waals surface area (Å²) in [7, 11) is 3.16. The summed E-state index contributed by atoms with van der Waals surface area (Å²) < 4.78 is 12.6. The molecule has 1 amide bonds. The van der Waals surface area contributed by atoms with Crippen LogP contribution in [-0.2, 0) is 6.54 Å². The number of fused-ring (bicyclic) bond motifs is 3. The van der Waals surface area contributed by atoms with E-state index in [-0.39, 0.29) is 18.3 Å². The predicted molar refractivity (Wildman–Crippen MR) is 103 cm³/mol. The number of nitrogens with zero attached hydrogens (tertiary/aromatic N) is 4. The van der Waals surface area contributed by atoms with Crippen molar-refractivity contribution >= 4 is 35.0 Å². The molecule has 0 spiro atoms. The Morgan fingerprint density at radius 2 is 2.04 bits per heavy atom. The van der Waals surface area contributed by atoms with Gasteiger partial charge in [0.2, 0.25) is 5.62 Å². The Morgan fingerprint density at radius 3 is 2.74 bits per heavy atom. The molecule has 3 aromatic rings. The van der Waals surface area contributed by atoms with Crippen LogP contribution in [0, 0.1) is 0 Å². The lowest BCUT2D eigenvalue weighted by molar-refractivity contribution is 0.0996. The van der Waals surface area contributed by atoms with Crippen LogP contribution in [0.1, 0.15) is 10.4 Å². The molecule has 8 nitrogen and oxygen atoms in total. The normalized spacial score (nSPS) is 12.9. The zero-order chi connectivity index (χ0) is 18.1. The number of amides is 1. The Kier molecular flexibility index (Phi) is 5.27. The Labute approximate surface area is 161 Å². The number of benzene rings is 1. The van der Waals surface area contributed by atoms with Gasteiger partial charge in [-0.3, -0.25) is 14.3 Å². The van der Waals surface area contributed by atoms with E-state index in [2.05, 4.69) is 20.3 Å². The topological polar surface area (TPSA) is 90.6 Å². The molecule has 0 atom stereocenters. The van der Waals surface area contributed by atoms with Gasteiger partial charge in [-0.05, 0) is 18.2 Å². The average Bonchev–Trinajstić information content (AvgIpc) is 3.18. The van der Waals surface area contributed by atoms with Crippen LogP contribution in [0.15, 0.2) is 41.7 Å². The lowest BCUT2D eigenvalue weighted by Crippen LogP contribution is -2.24. The van der Waals surface area contributed by atoms with Crippen molar-refractivity contribution in [2.75, 3.05) is 26.1 Å². The third-order valence-corrected chi connectivity index (χ3v) is 4.23. The maximum absolute atomic E-state index is 12.4. The van der Waals surface area contributed by atoms with Crippen molar-refractivity contribution in [3.05, 3.63) is 47.8 Å². The first-order valence-electron chi connectivity index (χ1n) is 8.11. The summed E-state index contributed by atoms with van der Waals surface area (Å²) in [6, 6.07) is 7.03.